The van der Waals surface area contributed by atoms with Gasteiger partial charge >= 0.3 is 0 Å². The van der Waals surface area contributed by atoms with E-state index in [-0.39, 0.29) is 17.9 Å². The van der Waals surface area contributed by atoms with Crippen molar-refractivity contribution in [3.8, 4) is 0 Å². The van der Waals surface area contributed by atoms with Gasteiger partial charge in [-0.1, -0.05) is 29.8 Å². The maximum atomic E-state index is 12.4. The lowest BCUT2D eigenvalue weighted by molar-refractivity contribution is -0.125. The van der Waals surface area contributed by atoms with E-state index in [0.717, 1.165) is 10.4 Å². The predicted octanol–water partition coefficient (Wildman–Crippen LogP) is 2.48. The number of thiophene rings is 1. The van der Waals surface area contributed by atoms with Gasteiger partial charge in [0.15, 0.2) is 0 Å². The normalized spacial score (nSPS) is 21.4. The summed E-state index contributed by atoms with van der Waals surface area (Å²) in [6.45, 7) is 1.18. The molecule has 1 aromatic heterocycles. The maximum absolute atomic E-state index is 12.4. The number of carbonyl (C=O) groups is 1. The van der Waals surface area contributed by atoms with E-state index in [2.05, 4.69) is 16.2 Å². The van der Waals surface area contributed by atoms with Crippen LogP contribution in [-0.4, -0.2) is 12.5 Å². The number of hydrogen-bond acceptors (Lipinski definition) is 4. The molecule has 21 heavy (non-hydrogen) atoms. The van der Waals surface area contributed by atoms with E-state index < -0.39 is 0 Å². The van der Waals surface area contributed by atoms with Crippen LogP contribution in [0.2, 0.25) is 5.02 Å². The van der Waals surface area contributed by atoms with Crippen molar-refractivity contribution in [3.63, 3.8) is 0 Å². The van der Waals surface area contributed by atoms with E-state index in [4.69, 9.17) is 11.6 Å². The number of rotatable bonds is 4. The van der Waals surface area contributed by atoms with E-state index in [1.54, 1.807) is 11.3 Å². The van der Waals surface area contributed by atoms with Gasteiger partial charge in [-0.15, -0.1) is 11.3 Å². The minimum absolute atomic E-state index is 0.0471. The highest BCUT2D eigenvalue weighted by Crippen LogP contribution is 2.27. The molecule has 1 amide bonds. The highest BCUT2D eigenvalue weighted by atomic mass is 35.5. The van der Waals surface area contributed by atoms with Crippen LogP contribution in [-0.2, 0) is 11.3 Å². The third-order valence-corrected chi connectivity index (χ3v) is 4.65. The summed E-state index contributed by atoms with van der Waals surface area (Å²) in [7, 11) is 0. The fourth-order valence-electron chi connectivity index (χ4n) is 2.48. The van der Waals surface area contributed by atoms with E-state index in [1.165, 1.54) is 0 Å². The first kappa shape index (κ1) is 14.5. The fourth-order valence-corrected chi connectivity index (χ4v) is 3.32. The number of carbonyl (C=O) groups excluding carboxylic acids is 1. The molecule has 110 valence electrons. The van der Waals surface area contributed by atoms with Gasteiger partial charge in [0.1, 0.15) is 0 Å². The van der Waals surface area contributed by atoms with Crippen molar-refractivity contribution in [2.75, 3.05) is 6.54 Å². The molecule has 1 saturated heterocycles. The molecule has 0 bridgehead atoms. The van der Waals surface area contributed by atoms with Crippen molar-refractivity contribution < 1.29 is 4.79 Å². The van der Waals surface area contributed by atoms with Crippen LogP contribution < -0.4 is 16.2 Å². The van der Waals surface area contributed by atoms with Crippen molar-refractivity contribution in [2.45, 2.75) is 12.6 Å². The second-order valence-corrected chi connectivity index (χ2v) is 6.43. The van der Waals surface area contributed by atoms with Crippen molar-refractivity contribution in [1.29, 1.82) is 0 Å². The lowest BCUT2D eigenvalue weighted by atomic mass is 9.94. The first-order chi connectivity index (χ1) is 10.2. The molecule has 2 heterocycles. The fraction of sp³-hybridized carbons (Fsp3) is 0.267. The Morgan fingerprint density at radius 2 is 2.29 bits per heavy atom. The molecule has 1 aliphatic heterocycles. The van der Waals surface area contributed by atoms with Crippen molar-refractivity contribution in [1.82, 2.24) is 16.2 Å². The van der Waals surface area contributed by atoms with Gasteiger partial charge in [0, 0.05) is 16.4 Å². The van der Waals surface area contributed by atoms with Gasteiger partial charge in [-0.3, -0.25) is 10.2 Å². The Kier molecular flexibility index (Phi) is 4.55. The Morgan fingerprint density at radius 3 is 3.05 bits per heavy atom. The highest BCUT2D eigenvalue weighted by molar-refractivity contribution is 7.09. The molecule has 4 nitrogen and oxygen atoms in total. The molecule has 1 fully saturated rings. The summed E-state index contributed by atoms with van der Waals surface area (Å²) in [6.07, 6.45) is 0. The van der Waals surface area contributed by atoms with Crippen LogP contribution >= 0.6 is 22.9 Å². The number of halogens is 1. The van der Waals surface area contributed by atoms with Crippen LogP contribution in [0.4, 0.5) is 0 Å². The number of nitrogens with one attached hydrogen (secondary N) is 3. The van der Waals surface area contributed by atoms with Crippen LogP contribution in [0.15, 0.2) is 41.8 Å². The van der Waals surface area contributed by atoms with Gasteiger partial charge in [0.05, 0.1) is 18.5 Å². The Labute approximate surface area is 132 Å². The molecule has 0 radical (unpaired) electrons. The monoisotopic (exact) mass is 321 g/mol. The van der Waals surface area contributed by atoms with Gasteiger partial charge in [-0.2, -0.15) is 0 Å². The Balaban J connectivity index is 1.67. The van der Waals surface area contributed by atoms with Gasteiger partial charge < -0.3 is 5.32 Å². The van der Waals surface area contributed by atoms with Crippen LogP contribution in [0.5, 0.6) is 0 Å². The van der Waals surface area contributed by atoms with Gasteiger partial charge in [-0.25, -0.2) is 5.43 Å². The Bertz CT molecular complexity index is 617. The standard InChI is InChI=1S/C15H16ClN3OS/c16-11-4-1-3-10(7-11)14-13(9-18-19-14)15(20)17-8-12-5-2-6-21-12/h1-7,13-14,18-19H,8-9H2,(H,17,20). The van der Waals surface area contributed by atoms with E-state index >= 15 is 0 Å². The maximum Gasteiger partial charge on any atom is 0.226 e. The second kappa shape index (κ2) is 6.58. The smallest absolute Gasteiger partial charge is 0.226 e. The predicted molar refractivity (Wildman–Crippen MR) is 85.0 cm³/mol. The van der Waals surface area contributed by atoms with Gasteiger partial charge in [-0.05, 0) is 29.1 Å². The largest absolute Gasteiger partial charge is 0.351 e. The van der Waals surface area contributed by atoms with Crippen molar-refractivity contribution >= 4 is 28.8 Å². The van der Waals surface area contributed by atoms with Crippen molar-refractivity contribution in [3.05, 3.63) is 57.2 Å². The molecule has 3 rings (SSSR count). The average molecular weight is 322 g/mol. The average Bonchev–Trinajstić information content (AvgIpc) is 3.16. The zero-order chi connectivity index (χ0) is 14.7. The summed E-state index contributed by atoms with van der Waals surface area (Å²) in [6, 6.07) is 11.6. The van der Waals surface area contributed by atoms with Crippen LogP contribution in [0.3, 0.4) is 0 Å². The quantitative estimate of drug-likeness (QED) is 0.811. The summed E-state index contributed by atoms with van der Waals surface area (Å²) in [5.41, 5.74) is 7.24. The molecule has 0 spiro atoms. The van der Waals surface area contributed by atoms with Crippen LogP contribution in [0.25, 0.3) is 0 Å². The zero-order valence-electron chi connectivity index (χ0n) is 11.3. The number of hydrogen-bond donors (Lipinski definition) is 3. The molecule has 6 heteroatoms. The number of benzene rings is 1. The van der Waals surface area contributed by atoms with Crippen LogP contribution in [0, 0.1) is 5.92 Å². The third-order valence-electron chi connectivity index (χ3n) is 3.54. The third kappa shape index (κ3) is 3.44. The number of amides is 1. The topological polar surface area (TPSA) is 53.2 Å². The summed E-state index contributed by atoms with van der Waals surface area (Å²) in [4.78, 5) is 13.5. The molecule has 2 aromatic rings. The van der Waals surface area contributed by atoms with Crippen LogP contribution in [0.1, 0.15) is 16.5 Å². The van der Waals surface area contributed by atoms with Gasteiger partial charge in [0.25, 0.3) is 0 Å². The minimum Gasteiger partial charge on any atom is -0.351 e. The van der Waals surface area contributed by atoms with E-state index in [1.807, 2.05) is 41.8 Å². The SMILES string of the molecule is O=C(NCc1cccs1)C1CNNC1c1cccc(Cl)c1. The molecule has 2 unspecified atom stereocenters. The molecular weight excluding hydrogens is 306 g/mol. The summed E-state index contributed by atoms with van der Waals surface area (Å²) in [5, 5.41) is 5.69. The zero-order valence-corrected chi connectivity index (χ0v) is 12.9. The lowest BCUT2D eigenvalue weighted by Crippen LogP contribution is -2.34. The van der Waals surface area contributed by atoms with Crippen molar-refractivity contribution in [2.24, 2.45) is 5.92 Å². The Morgan fingerprint density at radius 1 is 1.38 bits per heavy atom. The Hall–Kier alpha value is -1.40. The summed E-state index contributed by atoms with van der Waals surface area (Å²) < 4.78 is 0. The van der Waals surface area contributed by atoms with E-state index in [0.29, 0.717) is 18.1 Å². The molecular formula is C15H16ClN3OS. The molecule has 2 atom stereocenters. The summed E-state index contributed by atoms with van der Waals surface area (Å²) in [5.74, 6) is -0.102. The van der Waals surface area contributed by atoms with Gasteiger partial charge in [0.2, 0.25) is 5.91 Å². The molecule has 0 aliphatic carbocycles. The summed E-state index contributed by atoms with van der Waals surface area (Å²) >= 11 is 7.68. The lowest BCUT2D eigenvalue weighted by Gasteiger charge is -2.18. The second-order valence-electron chi connectivity index (χ2n) is 4.96. The molecule has 1 aliphatic rings. The first-order valence-corrected chi connectivity index (χ1v) is 8.04. The molecule has 0 saturated carbocycles. The highest BCUT2D eigenvalue weighted by Gasteiger charge is 2.33. The van der Waals surface area contributed by atoms with E-state index in [9.17, 15) is 4.79 Å². The first-order valence-electron chi connectivity index (χ1n) is 6.78. The number of hydrazine groups is 1. The molecule has 1 aromatic carbocycles. The minimum atomic E-state index is -0.150. The molecule has 3 N–H and O–H groups in total.